The first-order valence-corrected chi connectivity index (χ1v) is 7.39. The highest BCUT2D eigenvalue weighted by Gasteiger charge is 2.08. The van der Waals surface area contributed by atoms with Gasteiger partial charge in [0.25, 0.3) is 0 Å². The summed E-state index contributed by atoms with van der Waals surface area (Å²) in [6.07, 6.45) is 0.852. The largest absolute Gasteiger partial charge is 0.456 e. The van der Waals surface area contributed by atoms with Gasteiger partial charge in [-0.05, 0) is 63.5 Å². The molecular weight excluding hydrogens is 328 g/mol. The Morgan fingerprint density at radius 2 is 1.86 bits per heavy atom. The Morgan fingerprint density at radius 1 is 1.05 bits per heavy atom. The number of rotatable bonds is 3. The van der Waals surface area contributed by atoms with Crippen molar-refractivity contribution in [3.05, 3.63) is 70.2 Å². The first kappa shape index (κ1) is 13.8. The molecule has 0 heterocycles. The first-order valence-electron chi connectivity index (χ1n) is 6.60. The van der Waals surface area contributed by atoms with Crippen LogP contribution in [-0.4, -0.2) is 6.29 Å². The van der Waals surface area contributed by atoms with E-state index >= 15 is 0 Å². The van der Waals surface area contributed by atoms with Crippen LogP contribution in [0.15, 0.2) is 59.1 Å². The fourth-order valence-electron chi connectivity index (χ4n) is 2.26. The van der Waals surface area contributed by atoms with Gasteiger partial charge in [-0.15, -0.1) is 0 Å². The van der Waals surface area contributed by atoms with Crippen molar-refractivity contribution < 1.29 is 9.53 Å². The number of aldehydes is 1. The van der Waals surface area contributed by atoms with E-state index in [4.69, 9.17) is 4.74 Å². The zero-order valence-electron chi connectivity index (χ0n) is 11.5. The summed E-state index contributed by atoms with van der Waals surface area (Å²) in [6, 6.07) is 17.5. The maximum absolute atomic E-state index is 10.8. The van der Waals surface area contributed by atoms with Crippen LogP contribution in [-0.2, 0) is 0 Å². The molecule has 104 valence electrons. The van der Waals surface area contributed by atoms with E-state index in [1.54, 1.807) is 12.1 Å². The smallest absolute Gasteiger partial charge is 0.150 e. The van der Waals surface area contributed by atoms with Crippen molar-refractivity contribution in [2.75, 3.05) is 0 Å². The van der Waals surface area contributed by atoms with E-state index in [0.29, 0.717) is 11.3 Å². The standard InChI is InChI=1S/C18H13BrO2/c1-12-10-15(8-6-14(12)11-20)21-17-9-7-13-4-2-3-5-16(13)18(17)19/h2-11H,1H3. The molecule has 0 aliphatic rings. The molecule has 0 N–H and O–H groups in total. The molecule has 0 aliphatic carbocycles. The third kappa shape index (κ3) is 2.69. The Kier molecular flexibility index (Phi) is 3.76. The molecule has 0 unspecified atom stereocenters. The maximum Gasteiger partial charge on any atom is 0.150 e. The van der Waals surface area contributed by atoms with E-state index in [1.165, 1.54) is 0 Å². The molecule has 3 aromatic carbocycles. The summed E-state index contributed by atoms with van der Waals surface area (Å²) in [5.74, 6) is 1.47. The molecule has 0 aromatic heterocycles. The molecule has 3 rings (SSSR count). The molecule has 0 saturated heterocycles. The lowest BCUT2D eigenvalue weighted by atomic mass is 10.1. The maximum atomic E-state index is 10.8. The van der Waals surface area contributed by atoms with Gasteiger partial charge in [-0.25, -0.2) is 0 Å². The minimum absolute atomic E-state index is 0.680. The van der Waals surface area contributed by atoms with Crippen molar-refractivity contribution in [1.82, 2.24) is 0 Å². The van der Waals surface area contributed by atoms with Crippen LogP contribution < -0.4 is 4.74 Å². The monoisotopic (exact) mass is 340 g/mol. The number of carbonyl (C=O) groups excluding carboxylic acids is 1. The average molecular weight is 341 g/mol. The number of halogens is 1. The van der Waals surface area contributed by atoms with Crippen molar-refractivity contribution in [1.29, 1.82) is 0 Å². The molecular formula is C18H13BrO2. The lowest BCUT2D eigenvalue weighted by Gasteiger charge is -2.11. The molecule has 0 spiro atoms. The molecule has 0 aliphatic heterocycles. The van der Waals surface area contributed by atoms with Crippen molar-refractivity contribution in [2.24, 2.45) is 0 Å². The van der Waals surface area contributed by atoms with Gasteiger partial charge in [0.15, 0.2) is 0 Å². The van der Waals surface area contributed by atoms with Gasteiger partial charge in [0, 0.05) is 5.56 Å². The Bertz CT molecular complexity index is 825. The summed E-state index contributed by atoms with van der Waals surface area (Å²) in [5, 5.41) is 2.26. The summed E-state index contributed by atoms with van der Waals surface area (Å²) in [7, 11) is 0. The van der Waals surface area contributed by atoms with E-state index in [9.17, 15) is 4.79 Å². The van der Waals surface area contributed by atoms with Gasteiger partial charge in [0.2, 0.25) is 0 Å². The first-order chi connectivity index (χ1) is 10.2. The molecule has 0 atom stereocenters. The van der Waals surface area contributed by atoms with Gasteiger partial charge in [-0.2, -0.15) is 0 Å². The molecule has 21 heavy (non-hydrogen) atoms. The average Bonchev–Trinajstić information content (AvgIpc) is 2.51. The predicted octanol–water partition coefficient (Wildman–Crippen LogP) is 5.52. The molecule has 0 fully saturated rings. The summed E-state index contributed by atoms with van der Waals surface area (Å²) in [4.78, 5) is 10.8. The zero-order valence-corrected chi connectivity index (χ0v) is 13.1. The fraction of sp³-hybridized carbons (Fsp3) is 0.0556. The third-order valence-electron chi connectivity index (χ3n) is 3.42. The highest BCUT2D eigenvalue weighted by atomic mass is 79.9. The summed E-state index contributed by atoms with van der Waals surface area (Å²) >= 11 is 3.60. The van der Waals surface area contributed by atoms with Crippen LogP contribution in [0.3, 0.4) is 0 Å². The second-order valence-electron chi connectivity index (χ2n) is 4.84. The van der Waals surface area contributed by atoms with Crippen molar-refractivity contribution in [3.8, 4) is 11.5 Å². The number of hydrogen-bond donors (Lipinski definition) is 0. The van der Waals surface area contributed by atoms with Crippen LogP contribution >= 0.6 is 15.9 Å². The second-order valence-corrected chi connectivity index (χ2v) is 5.63. The molecule has 3 aromatic rings. The second kappa shape index (κ2) is 5.70. The number of benzene rings is 3. The van der Waals surface area contributed by atoms with Crippen molar-refractivity contribution in [2.45, 2.75) is 6.92 Å². The molecule has 0 bridgehead atoms. The third-order valence-corrected chi connectivity index (χ3v) is 4.24. The van der Waals surface area contributed by atoms with Gasteiger partial charge in [0.1, 0.15) is 17.8 Å². The normalized spacial score (nSPS) is 10.6. The van der Waals surface area contributed by atoms with Gasteiger partial charge < -0.3 is 4.74 Å². The van der Waals surface area contributed by atoms with Crippen LogP contribution in [0.1, 0.15) is 15.9 Å². The van der Waals surface area contributed by atoms with Crippen LogP contribution in [0.25, 0.3) is 10.8 Å². The zero-order chi connectivity index (χ0) is 14.8. The summed E-state index contributed by atoms with van der Waals surface area (Å²) < 4.78 is 6.86. The SMILES string of the molecule is Cc1cc(Oc2ccc3ccccc3c2Br)ccc1C=O. The van der Waals surface area contributed by atoms with Gasteiger partial charge in [-0.3, -0.25) is 4.79 Å². The van der Waals surface area contributed by atoms with Gasteiger partial charge in [-0.1, -0.05) is 30.3 Å². The van der Waals surface area contributed by atoms with E-state index in [2.05, 4.69) is 22.0 Å². The van der Waals surface area contributed by atoms with E-state index in [0.717, 1.165) is 32.8 Å². The predicted molar refractivity (Wildman–Crippen MR) is 88.3 cm³/mol. The molecule has 3 heteroatoms. The Hall–Kier alpha value is -2.13. The number of fused-ring (bicyclic) bond motifs is 1. The number of hydrogen-bond acceptors (Lipinski definition) is 2. The topological polar surface area (TPSA) is 26.3 Å². The fourth-order valence-corrected chi connectivity index (χ4v) is 2.84. The lowest BCUT2D eigenvalue weighted by Crippen LogP contribution is -1.90. The van der Waals surface area contributed by atoms with Crippen molar-refractivity contribution in [3.63, 3.8) is 0 Å². The quantitative estimate of drug-likeness (QED) is 0.587. The van der Waals surface area contributed by atoms with Crippen LogP contribution in [0.5, 0.6) is 11.5 Å². The Morgan fingerprint density at radius 3 is 2.62 bits per heavy atom. The van der Waals surface area contributed by atoms with E-state index < -0.39 is 0 Å². The Labute approximate surface area is 131 Å². The number of aryl methyl sites for hydroxylation is 1. The number of ether oxygens (including phenoxy) is 1. The summed E-state index contributed by atoms with van der Waals surface area (Å²) in [5.41, 5.74) is 1.58. The van der Waals surface area contributed by atoms with Crippen LogP contribution in [0, 0.1) is 6.92 Å². The van der Waals surface area contributed by atoms with Crippen LogP contribution in [0.2, 0.25) is 0 Å². The van der Waals surface area contributed by atoms with Gasteiger partial charge >= 0.3 is 0 Å². The van der Waals surface area contributed by atoms with Crippen molar-refractivity contribution >= 4 is 33.0 Å². The van der Waals surface area contributed by atoms with E-state index in [-0.39, 0.29) is 0 Å². The Balaban J connectivity index is 2.00. The molecule has 2 nitrogen and oxygen atoms in total. The molecule has 0 radical (unpaired) electrons. The van der Waals surface area contributed by atoms with Gasteiger partial charge in [0.05, 0.1) is 4.47 Å². The number of carbonyl (C=O) groups is 1. The lowest BCUT2D eigenvalue weighted by molar-refractivity contribution is 0.112. The summed E-state index contributed by atoms with van der Waals surface area (Å²) in [6.45, 7) is 1.89. The van der Waals surface area contributed by atoms with E-state index in [1.807, 2.05) is 43.3 Å². The highest BCUT2D eigenvalue weighted by Crippen LogP contribution is 2.36. The minimum Gasteiger partial charge on any atom is -0.456 e. The van der Waals surface area contributed by atoms with Crippen LogP contribution in [0.4, 0.5) is 0 Å². The molecule has 0 amide bonds. The highest BCUT2D eigenvalue weighted by molar-refractivity contribution is 9.10. The minimum atomic E-state index is 0.680. The molecule has 0 saturated carbocycles.